The first-order valence-corrected chi connectivity index (χ1v) is 11.1. The van der Waals surface area contributed by atoms with Crippen molar-refractivity contribution in [1.82, 2.24) is 0 Å². The molecule has 158 valence electrons. The molecule has 5 heteroatoms. The van der Waals surface area contributed by atoms with Gasteiger partial charge in [0.05, 0.1) is 28.3 Å². The van der Waals surface area contributed by atoms with Gasteiger partial charge in [0.25, 0.3) is 0 Å². The van der Waals surface area contributed by atoms with Crippen LogP contribution >= 0.6 is 0 Å². The molecule has 4 aliphatic rings. The second-order valence-electron chi connectivity index (χ2n) is 10.0. The van der Waals surface area contributed by atoms with Crippen molar-refractivity contribution in [2.24, 2.45) is 5.92 Å². The molecule has 5 unspecified atom stereocenters. The van der Waals surface area contributed by atoms with Gasteiger partial charge in [0.15, 0.2) is 0 Å². The Morgan fingerprint density at radius 2 is 1.67 bits per heavy atom. The van der Waals surface area contributed by atoms with Crippen molar-refractivity contribution in [3.05, 3.63) is 52.6 Å². The predicted octanol–water partition coefficient (Wildman–Crippen LogP) is 6.28. The zero-order valence-corrected chi connectivity index (χ0v) is 18.2. The molecular formula is C25H28F2N2O. The quantitative estimate of drug-likeness (QED) is 0.551. The van der Waals surface area contributed by atoms with Gasteiger partial charge in [0.2, 0.25) is 0 Å². The first-order valence-electron chi connectivity index (χ1n) is 11.1. The summed E-state index contributed by atoms with van der Waals surface area (Å²) in [5.74, 6) is -0.631. The van der Waals surface area contributed by atoms with Gasteiger partial charge in [-0.3, -0.25) is 0 Å². The third-order valence-corrected chi connectivity index (χ3v) is 8.37. The van der Waals surface area contributed by atoms with Crippen molar-refractivity contribution in [2.75, 3.05) is 16.8 Å². The normalized spacial score (nSPS) is 35.4. The van der Waals surface area contributed by atoms with Crippen molar-refractivity contribution < 1.29 is 13.5 Å². The van der Waals surface area contributed by atoms with E-state index < -0.39 is 11.6 Å². The maximum atomic E-state index is 15.2. The summed E-state index contributed by atoms with van der Waals surface area (Å²) in [7, 11) is 2.11. The van der Waals surface area contributed by atoms with Gasteiger partial charge < -0.3 is 14.5 Å². The number of halogens is 2. The van der Waals surface area contributed by atoms with Crippen LogP contribution in [0.5, 0.6) is 0 Å². The van der Waals surface area contributed by atoms with Crippen molar-refractivity contribution in [2.45, 2.75) is 70.2 Å². The highest BCUT2D eigenvalue weighted by atomic mass is 19.1. The molecule has 0 amide bonds. The van der Waals surface area contributed by atoms with Crippen LogP contribution in [0.3, 0.4) is 0 Å². The molecule has 4 aliphatic heterocycles. The van der Waals surface area contributed by atoms with Crippen molar-refractivity contribution in [3.63, 3.8) is 0 Å². The maximum absolute atomic E-state index is 15.2. The standard InChI is InChI=1S/C25H28F2N2O/c1-6-15-13(2)16-9-14(26)10-19(27)22(16)29-21-12-18-17(11-20(21)28(5)23(15)29)24(3)7-8-25(18,4)30-24/h9-13,15,23H,6-8H2,1-5H3. The Morgan fingerprint density at radius 3 is 2.30 bits per heavy atom. The van der Waals surface area contributed by atoms with Crippen LogP contribution in [0.1, 0.15) is 69.6 Å². The van der Waals surface area contributed by atoms with Gasteiger partial charge in [0, 0.05) is 19.0 Å². The van der Waals surface area contributed by atoms with Gasteiger partial charge in [-0.25, -0.2) is 8.78 Å². The predicted molar refractivity (Wildman–Crippen MR) is 114 cm³/mol. The zero-order chi connectivity index (χ0) is 21.2. The number of anilines is 3. The van der Waals surface area contributed by atoms with Crippen LogP contribution in [-0.2, 0) is 15.9 Å². The third kappa shape index (κ3) is 2.02. The van der Waals surface area contributed by atoms with Crippen LogP contribution in [0.25, 0.3) is 0 Å². The number of hydrogen-bond acceptors (Lipinski definition) is 3. The largest absolute Gasteiger partial charge is 0.360 e. The van der Waals surface area contributed by atoms with E-state index in [1.165, 1.54) is 17.2 Å². The number of fused-ring (bicyclic) bond motifs is 10. The smallest absolute Gasteiger partial charge is 0.150 e. The summed E-state index contributed by atoms with van der Waals surface area (Å²) in [4.78, 5) is 4.43. The van der Waals surface area contributed by atoms with Crippen molar-refractivity contribution in [1.29, 1.82) is 0 Å². The molecule has 0 aromatic heterocycles. The maximum Gasteiger partial charge on any atom is 0.150 e. The molecular weight excluding hydrogens is 382 g/mol. The van der Waals surface area contributed by atoms with Gasteiger partial charge in [-0.15, -0.1) is 0 Å². The lowest BCUT2D eigenvalue weighted by atomic mass is 9.77. The van der Waals surface area contributed by atoms with Gasteiger partial charge >= 0.3 is 0 Å². The van der Waals surface area contributed by atoms with E-state index in [1.54, 1.807) is 0 Å². The van der Waals surface area contributed by atoms with E-state index in [9.17, 15) is 4.39 Å². The highest BCUT2D eigenvalue weighted by Gasteiger charge is 2.56. The minimum absolute atomic E-state index is 0.0224. The minimum atomic E-state index is -0.501. The Kier molecular flexibility index (Phi) is 3.45. The molecule has 4 heterocycles. The van der Waals surface area contributed by atoms with Crippen LogP contribution in [0.2, 0.25) is 0 Å². The first-order chi connectivity index (χ1) is 14.2. The summed E-state index contributed by atoms with van der Waals surface area (Å²) in [5.41, 5.74) is 5.39. The summed E-state index contributed by atoms with van der Waals surface area (Å²) in [6.45, 7) is 8.64. The first kappa shape index (κ1) is 18.6. The molecule has 0 spiro atoms. The Morgan fingerprint density at radius 1 is 1.03 bits per heavy atom. The fourth-order valence-electron chi connectivity index (χ4n) is 6.81. The van der Waals surface area contributed by atoms with Crippen LogP contribution in [0, 0.1) is 17.6 Å². The summed E-state index contributed by atoms with van der Waals surface area (Å²) in [6, 6.07) is 7.04. The third-order valence-electron chi connectivity index (χ3n) is 8.37. The van der Waals surface area contributed by atoms with E-state index in [2.05, 4.69) is 56.7 Å². The van der Waals surface area contributed by atoms with Crippen molar-refractivity contribution >= 4 is 17.1 Å². The van der Waals surface area contributed by atoms with E-state index in [4.69, 9.17) is 4.74 Å². The molecule has 0 radical (unpaired) electrons. The molecule has 5 atom stereocenters. The van der Waals surface area contributed by atoms with Crippen LogP contribution in [0.15, 0.2) is 24.3 Å². The van der Waals surface area contributed by atoms with E-state index in [0.29, 0.717) is 5.69 Å². The molecule has 2 aromatic rings. The Balaban J connectivity index is 1.63. The average Bonchev–Trinajstić information content (AvgIpc) is 3.24. The highest BCUT2D eigenvalue weighted by Crippen LogP contribution is 2.62. The molecule has 0 aliphatic carbocycles. The Hall–Kier alpha value is -2.14. The Bertz CT molecular complexity index is 1100. The molecule has 1 fully saturated rings. The van der Waals surface area contributed by atoms with E-state index in [1.807, 2.05) is 0 Å². The summed E-state index contributed by atoms with van der Waals surface area (Å²) < 4.78 is 35.9. The monoisotopic (exact) mass is 410 g/mol. The lowest BCUT2D eigenvalue weighted by molar-refractivity contribution is -0.0662. The summed E-state index contributed by atoms with van der Waals surface area (Å²) >= 11 is 0. The van der Waals surface area contributed by atoms with Gasteiger partial charge in [-0.1, -0.05) is 13.8 Å². The molecule has 0 saturated carbocycles. The van der Waals surface area contributed by atoms with E-state index in [-0.39, 0.29) is 29.2 Å². The molecule has 3 nitrogen and oxygen atoms in total. The molecule has 2 aromatic carbocycles. The van der Waals surface area contributed by atoms with Gasteiger partial charge in [-0.2, -0.15) is 0 Å². The van der Waals surface area contributed by atoms with Crippen LogP contribution in [0.4, 0.5) is 25.8 Å². The molecule has 6 rings (SSSR count). The second-order valence-corrected chi connectivity index (χ2v) is 10.0. The second kappa shape index (κ2) is 5.56. The van der Waals surface area contributed by atoms with Crippen molar-refractivity contribution in [3.8, 4) is 0 Å². The number of nitrogens with zero attached hydrogens (tertiary/aromatic N) is 2. The average molecular weight is 411 g/mol. The zero-order valence-electron chi connectivity index (χ0n) is 18.2. The summed E-state index contributed by atoms with van der Waals surface area (Å²) in [6.07, 6.45) is 2.99. The van der Waals surface area contributed by atoms with Gasteiger partial charge in [0.1, 0.15) is 17.8 Å². The fourth-order valence-corrected chi connectivity index (χ4v) is 6.81. The number of ether oxygens (including phenoxy) is 1. The van der Waals surface area contributed by atoms with Crippen LogP contribution in [-0.4, -0.2) is 13.2 Å². The molecule has 1 saturated heterocycles. The van der Waals surface area contributed by atoms with E-state index in [0.717, 1.165) is 42.3 Å². The van der Waals surface area contributed by atoms with Crippen LogP contribution < -0.4 is 9.80 Å². The SMILES string of the molecule is CCC1C(C)c2cc(F)cc(F)c2N2c3cc4c(cc3N(C)C12)C1(C)CCC4(C)O1. The minimum Gasteiger partial charge on any atom is -0.360 e. The molecule has 2 bridgehead atoms. The highest BCUT2D eigenvalue weighted by molar-refractivity contribution is 5.88. The lowest BCUT2D eigenvalue weighted by Crippen LogP contribution is -2.49. The fraction of sp³-hybridized carbons (Fsp3) is 0.520. The number of rotatable bonds is 1. The topological polar surface area (TPSA) is 15.7 Å². The number of benzene rings is 2. The lowest BCUT2D eigenvalue weighted by Gasteiger charge is -2.45. The summed E-state index contributed by atoms with van der Waals surface area (Å²) in [5, 5.41) is 0. The van der Waals surface area contributed by atoms with Gasteiger partial charge in [-0.05, 0) is 73.9 Å². The molecule has 30 heavy (non-hydrogen) atoms. The Labute approximate surface area is 176 Å². The van der Waals surface area contributed by atoms with E-state index >= 15 is 4.39 Å². The number of hydrogen-bond donors (Lipinski definition) is 0. The molecule has 0 N–H and O–H groups in total.